The molecule has 18 heavy (non-hydrogen) atoms. The Labute approximate surface area is 104 Å². The largest absolute Gasteiger partial charge is 0.346 e. The van der Waals surface area contributed by atoms with Crippen LogP contribution in [0.15, 0.2) is 29.1 Å². The second kappa shape index (κ2) is 4.25. The standard InChI is InChI=1S/C13H15N3O2/c1-13(2,3)14-12(18)10-8-6-4-5-7-9(8)11(17)16-15-10/h4-7H,1-3H3,(H,14,18)(H,16,17). The lowest BCUT2D eigenvalue weighted by Gasteiger charge is -2.20. The molecule has 0 atom stereocenters. The lowest BCUT2D eigenvalue weighted by atomic mass is 10.1. The van der Waals surface area contributed by atoms with Gasteiger partial charge < -0.3 is 5.32 Å². The van der Waals surface area contributed by atoms with Crippen LogP contribution in [0.1, 0.15) is 31.3 Å². The summed E-state index contributed by atoms with van der Waals surface area (Å²) in [7, 11) is 0. The Bertz CT molecular complexity index is 653. The van der Waals surface area contributed by atoms with E-state index in [1.807, 2.05) is 20.8 Å². The molecule has 0 aliphatic heterocycles. The van der Waals surface area contributed by atoms with Crippen LogP contribution >= 0.6 is 0 Å². The first kappa shape index (κ1) is 12.3. The van der Waals surface area contributed by atoms with Gasteiger partial charge in [-0.15, -0.1) is 0 Å². The second-order valence-corrected chi connectivity index (χ2v) is 5.15. The number of fused-ring (bicyclic) bond motifs is 1. The summed E-state index contributed by atoms with van der Waals surface area (Å²) in [6.07, 6.45) is 0. The number of amides is 1. The first-order valence-electron chi connectivity index (χ1n) is 5.68. The highest BCUT2D eigenvalue weighted by atomic mass is 16.2. The summed E-state index contributed by atoms with van der Waals surface area (Å²) in [5, 5.41) is 10.0. The van der Waals surface area contributed by atoms with Crippen molar-refractivity contribution < 1.29 is 4.79 Å². The third-order valence-electron chi connectivity index (χ3n) is 2.40. The average molecular weight is 245 g/mol. The van der Waals surface area contributed by atoms with Crippen LogP contribution in [0, 0.1) is 0 Å². The molecule has 0 aliphatic carbocycles. The first-order chi connectivity index (χ1) is 8.38. The molecule has 2 aromatic rings. The number of hydrogen-bond donors (Lipinski definition) is 2. The number of nitrogens with one attached hydrogen (secondary N) is 2. The third-order valence-corrected chi connectivity index (χ3v) is 2.40. The van der Waals surface area contributed by atoms with Crippen LogP contribution in [0.25, 0.3) is 10.8 Å². The number of aromatic amines is 1. The highest BCUT2D eigenvalue weighted by Gasteiger charge is 2.19. The molecule has 1 aromatic carbocycles. The molecular formula is C13H15N3O2. The summed E-state index contributed by atoms with van der Waals surface area (Å²) in [6.45, 7) is 5.66. The monoisotopic (exact) mass is 245 g/mol. The summed E-state index contributed by atoms with van der Waals surface area (Å²) < 4.78 is 0. The van der Waals surface area contributed by atoms with Gasteiger partial charge in [0, 0.05) is 10.9 Å². The van der Waals surface area contributed by atoms with Crippen molar-refractivity contribution in [2.75, 3.05) is 0 Å². The van der Waals surface area contributed by atoms with Gasteiger partial charge in [-0.05, 0) is 26.8 Å². The van der Waals surface area contributed by atoms with E-state index >= 15 is 0 Å². The zero-order chi connectivity index (χ0) is 13.3. The number of aromatic nitrogens is 2. The van der Waals surface area contributed by atoms with E-state index in [0.717, 1.165) is 0 Å². The Morgan fingerprint density at radius 2 is 1.83 bits per heavy atom. The molecule has 2 N–H and O–H groups in total. The molecule has 2 rings (SSSR count). The van der Waals surface area contributed by atoms with Gasteiger partial charge in [0.2, 0.25) is 0 Å². The molecule has 0 spiro atoms. The van der Waals surface area contributed by atoms with E-state index in [4.69, 9.17) is 0 Å². The summed E-state index contributed by atoms with van der Waals surface area (Å²) >= 11 is 0. The topological polar surface area (TPSA) is 74.8 Å². The van der Waals surface area contributed by atoms with Gasteiger partial charge in [-0.25, -0.2) is 5.10 Å². The smallest absolute Gasteiger partial charge is 0.272 e. The molecule has 0 saturated carbocycles. The molecule has 0 unspecified atom stereocenters. The molecule has 0 aliphatic rings. The quantitative estimate of drug-likeness (QED) is 0.798. The van der Waals surface area contributed by atoms with Crippen molar-refractivity contribution in [2.45, 2.75) is 26.3 Å². The van der Waals surface area contributed by atoms with E-state index in [1.54, 1.807) is 24.3 Å². The van der Waals surface area contributed by atoms with Crippen molar-refractivity contribution in [2.24, 2.45) is 0 Å². The summed E-state index contributed by atoms with van der Waals surface area (Å²) in [4.78, 5) is 23.7. The Balaban J connectivity index is 2.56. The molecular weight excluding hydrogens is 230 g/mol. The highest BCUT2D eigenvalue weighted by molar-refractivity contribution is 6.04. The molecule has 1 amide bonds. The Morgan fingerprint density at radius 1 is 1.22 bits per heavy atom. The van der Waals surface area contributed by atoms with E-state index in [-0.39, 0.29) is 22.7 Å². The van der Waals surface area contributed by atoms with Gasteiger partial charge in [0.15, 0.2) is 5.69 Å². The van der Waals surface area contributed by atoms with Crippen LogP contribution in [-0.2, 0) is 0 Å². The Hall–Kier alpha value is -2.17. The maximum absolute atomic E-state index is 12.1. The molecule has 0 radical (unpaired) electrons. The molecule has 1 aromatic heterocycles. The number of H-pyrrole nitrogens is 1. The van der Waals surface area contributed by atoms with Gasteiger partial charge in [-0.2, -0.15) is 5.10 Å². The number of hydrogen-bond acceptors (Lipinski definition) is 3. The number of carbonyl (C=O) groups is 1. The average Bonchev–Trinajstić information content (AvgIpc) is 2.27. The fraction of sp³-hybridized carbons (Fsp3) is 0.308. The number of carbonyl (C=O) groups excluding carboxylic acids is 1. The fourth-order valence-electron chi connectivity index (χ4n) is 1.69. The SMILES string of the molecule is CC(C)(C)NC(=O)c1n[nH]c(=O)c2ccccc12. The molecule has 94 valence electrons. The predicted molar refractivity (Wildman–Crippen MR) is 69.6 cm³/mol. The van der Waals surface area contributed by atoms with E-state index in [1.165, 1.54) is 0 Å². The fourth-order valence-corrected chi connectivity index (χ4v) is 1.69. The van der Waals surface area contributed by atoms with Crippen LogP contribution in [0.4, 0.5) is 0 Å². The van der Waals surface area contributed by atoms with Crippen LogP contribution < -0.4 is 10.9 Å². The molecule has 1 heterocycles. The molecule has 0 fully saturated rings. The van der Waals surface area contributed by atoms with Gasteiger partial charge in [-0.1, -0.05) is 18.2 Å². The summed E-state index contributed by atoms with van der Waals surface area (Å²) in [5.74, 6) is -0.296. The van der Waals surface area contributed by atoms with Crippen molar-refractivity contribution in [1.29, 1.82) is 0 Å². The number of benzene rings is 1. The van der Waals surface area contributed by atoms with Crippen LogP contribution in [0.3, 0.4) is 0 Å². The van der Waals surface area contributed by atoms with Crippen molar-refractivity contribution in [3.05, 3.63) is 40.3 Å². The normalized spacial score (nSPS) is 11.5. The zero-order valence-corrected chi connectivity index (χ0v) is 10.6. The van der Waals surface area contributed by atoms with E-state index in [9.17, 15) is 9.59 Å². The van der Waals surface area contributed by atoms with E-state index < -0.39 is 0 Å². The summed E-state index contributed by atoms with van der Waals surface area (Å²) in [6, 6.07) is 6.92. The van der Waals surface area contributed by atoms with Crippen LogP contribution in [0.5, 0.6) is 0 Å². The lowest BCUT2D eigenvalue weighted by Crippen LogP contribution is -2.41. The molecule has 0 saturated heterocycles. The second-order valence-electron chi connectivity index (χ2n) is 5.15. The first-order valence-corrected chi connectivity index (χ1v) is 5.68. The van der Waals surface area contributed by atoms with E-state index in [2.05, 4.69) is 15.5 Å². The van der Waals surface area contributed by atoms with Crippen LogP contribution in [-0.4, -0.2) is 21.6 Å². The van der Waals surface area contributed by atoms with Crippen molar-refractivity contribution in [3.8, 4) is 0 Å². The molecule has 0 bridgehead atoms. The van der Waals surface area contributed by atoms with Gasteiger partial charge in [0.05, 0.1) is 5.39 Å². The van der Waals surface area contributed by atoms with Gasteiger partial charge >= 0.3 is 0 Å². The molecule has 5 heteroatoms. The van der Waals surface area contributed by atoms with Gasteiger partial charge in [-0.3, -0.25) is 9.59 Å². The van der Waals surface area contributed by atoms with Crippen molar-refractivity contribution in [3.63, 3.8) is 0 Å². The summed E-state index contributed by atoms with van der Waals surface area (Å²) in [5.41, 5.74) is -0.409. The van der Waals surface area contributed by atoms with E-state index in [0.29, 0.717) is 10.8 Å². The number of rotatable bonds is 1. The minimum Gasteiger partial charge on any atom is -0.346 e. The van der Waals surface area contributed by atoms with Crippen molar-refractivity contribution in [1.82, 2.24) is 15.5 Å². The lowest BCUT2D eigenvalue weighted by molar-refractivity contribution is 0.0915. The highest BCUT2D eigenvalue weighted by Crippen LogP contribution is 2.13. The minimum atomic E-state index is -0.351. The Morgan fingerprint density at radius 3 is 2.44 bits per heavy atom. The van der Waals surface area contributed by atoms with Gasteiger partial charge in [0.25, 0.3) is 11.5 Å². The maximum Gasteiger partial charge on any atom is 0.272 e. The van der Waals surface area contributed by atoms with Crippen molar-refractivity contribution >= 4 is 16.7 Å². The molecule has 5 nitrogen and oxygen atoms in total. The Kier molecular flexibility index (Phi) is 2.90. The third kappa shape index (κ3) is 2.40. The predicted octanol–water partition coefficient (Wildman–Crippen LogP) is 1.45. The minimum absolute atomic E-state index is 0.236. The number of nitrogens with zero attached hydrogens (tertiary/aromatic N) is 1. The zero-order valence-electron chi connectivity index (χ0n) is 10.6. The van der Waals surface area contributed by atoms with Gasteiger partial charge in [0.1, 0.15) is 0 Å². The maximum atomic E-state index is 12.1. The van der Waals surface area contributed by atoms with Crippen LogP contribution in [0.2, 0.25) is 0 Å².